The molecule has 1 aromatic heterocycles. The Morgan fingerprint density at radius 1 is 0.976 bits per heavy atom. The molecule has 0 fully saturated rings. The number of para-hydroxylation sites is 1. The van der Waals surface area contributed by atoms with Crippen molar-refractivity contribution in [3.63, 3.8) is 0 Å². The number of benzene rings is 2. The highest BCUT2D eigenvalue weighted by Crippen LogP contribution is 2.37. The monoisotopic (exact) mass is 591 g/mol. The largest absolute Gasteiger partial charge is 0.493 e. The quantitative estimate of drug-likeness (QED) is 0.365. The molecule has 0 aliphatic carbocycles. The van der Waals surface area contributed by atoms with Gasteiger partial charge in [0, 0.05) is 5.56 Å². The Morgan fingerprint density at radius 2 is 1.69 bits per heavy atom. The van der Waals surface area contributed by atoms with Gasteiger partial charge in [-0.25, -0.2) is 9.79 Å². The highest BCUT2D eigenvalue weighted by Gasteiger charge is 2.38. The Kier molecular flexibility index (Phi) is 7.99. The van der Waals surface area contributed by atoms with E-state index >= 15 is 0 Å². The fourth-order valence-corrected chi connectivity index (χ4v) is 6.31. The van der Waals surface area contributed by atoms with Crippen molar-refractivity contribution in [2.75, 3.05) is 38.9 Å². The van der Waals surface area contributed by atoms with Crippen LogP contribution in [0.3, 0.4) is 0 Å². The molecule has 0 radical (unpaired) electrons. The second-order valence-electron chi connectivity index (χ2n) is 9.33. The lowest BCUT2D eigenvalue weighted by atomic mass is 9.95. The molecule has 3 aromatic rings. The van der Waals surface area contributed by atoms with Gasteiger partial charge in [-0.2, -0.15) is 0 Å². The van der Waals surface area contributed by atoms with E-state index in [2.05, 4.69) is 4.99 Å². The predicted octanol–water partition coefficient (Wildman–Crippen LogP) is 2.10. The topological polar surface area (TPSA) is 126 Å². The van der Waals surface area contributed by atoms with E-state index in [9.17, 15) is 19.2 Å². The number of ether oxygens (including phenoxy) is 4. The average Bonchev–Trinajstić information content (AvgIpc) is 3.44. The first-order chi connectivity index (χ1) is 20.2. The van der Waals surface area contributed by atoms with Gasteiger partial charge in [-0.1, -0.05) is 35.6 Å². The summed E-state index contributed by atoms with van der Waals surface area (Å²) in [4.78, 5) is 59.9. The first-order valence-electron chi connectivity index (χ1n) is 13.3. The number of esters is 2. The Hall–Kier alpha value is -4.71. The van der Waals surface area contributed by atoms with Gasteiger partial charge in [0.05, 0.1) is 56.0 Å². The third-order valence-electron chi connectivity index (χ3n) is 6.96. The molecule has 2 aliphatic rings. The molecule has 0 unspecified atom stereocenters. The molecule has 0 spiro atoms. The Morgan fingerprint density at radius 3 is 2.38 bits per heavy atom. The number of anilines is 1. The van der Waals surface area contributed by atoms with Crippen molar-refractivity contribution in [3.8, 4) is 11.5 Å². The van der Waals surface area contributed by atoms with Crippen LogP contribution in [0, 0.1) is 0 Å². The number of carbonyl (C=O) groups excluding carboxylic acids is 3. The molecule has 2 aliphatic heterocycles. The average molecular weight is 592 g/mol. The van der Waals surface area contributed by atoms with E-state index < -0.39 is 29.4 Å². The van der Waals surface area contributed by atoms with Crippen molar-refractivity contribution < 1.29 is 33.3 Å². The van der Waals surface area contributed by atoms with Crippen molar-refractivity contribution in [2.24, 2.45) is 4.99 Å². The molecule has 0 saturated heterocycles. The zero-order chi connectivity index (χ0) is 30.1. The fraction of sp³-hybridized carbons (Fsp3) is 0.300. The molecule has 218 valence electrons. The number of hydrogen-bond acceptors (Lipinski definition) is 10. The summed E-state index contributed by atoms with van der Waals surface area (Å²) in [5.41, 5.74) is 1.79. The zero-order valence-corrected chi connectivity index (χ0v) is 24.6. The van der Waals surface area contributed by atoms with E-state index in [1.54, 1.807) is 63.2 Å². The number of nitrogens with zero attached hydrogens (tertiary/aromatic N) is 3. The van der Waals surface area contributed by atoms with E-state index in [0.717, 1.165) is 11.3 Å². The van der Waals surface area contributed by atoms with Crippen LogP contribution in [-0.2, 0) is 23.9 Å². The normalized spacial score (nSPS) is 16.9. The van der Waals surface area contributed by atoms with Crippen LogP contribution in [0.4, 0.5) is 5.69 Å². The molecule has 0 bridgehead atoms. The lowest BCUT2D eigenvalue weighted by Crippen LogP contribution is -2.41. The lowest BCUT2D eigenvalue weighted by molar-refractivity contribution is -0.142. The Balaban J connectivity index is 1.77. The summed E-state index contributed by atoms with van der Waals surface area (Å²) in [6.45, 7) is 5.06. The maximum absolute atomic E-state index is 14.3. The molecule has 2 aromatic carbocycles. The highest BCUT2D eigenvalue weighted by atomic mass is 32.1. The summed E-state index contributed by atoms with van der Waals surface area (Å²) in [7, 11) is 3.01. The molecule has 0 saturated carbocycles. The number of methoxy groups -OCH3 is 2. The third-order valence-corrected chi connectivity index (χ3v) is 8.01. The van der Waals surface area contributed by atoms with Gasteiger partial charge in [0.1, 0.15) is 11.1 Å². The number of amides is 1. The number of allylic oxidation sites excluding steroid dienone is 1. The summed E-state index contributed by atoms with van der Waals surface area (Å²) in [6, 6.07) is 11.2. The number of aromatic nitrogens is 1. The van der Waals surface area contributed by atoms with Crippen molar-refractivity contribution >= 4 is 40.4 Å². The number of thiazole rings is 1. The van der Waals surface area contributed by atoms with E-state index in [0.29, 0.717) is 38.8 Å². The summed E-state index contributed by atoms with van der Waals surface area (Å²) in [6.07, 6.45) is 0. The van der Waals surface area contributed by atoms with E-state index in [-0.39, 0.29) is 35.4 Å². The molecular weight excluding hydrogens is 562 g/mol. The number of fused-ring (bicyclic) bond motifs is 2. The molecule has 12 heteroatoms. The van der Waals surface area contributed by atoms with Crippen LogP contribution in [0.5, 0.6) is 11.5 Å². The van der Waals surface area contributed by atoms with Gasteiger partial charge in [-0.15, -0.1) is 0 Å². The first kappa shape index (κ1) is 28.8. The van der Waals surface area contributed by atoms with Crippen molar-refractivity contribution in [2.45, 2.75) is 26.8 Å². The molecule has 11 nitrogen and oxygen atoms in total. The van der Waals surface area contributed by atoms with Gasteiger partial charge in [0.2, 0.25) is 0 Å². The summed E-state index contributed by atoms with van der Waals surface area (Å²) < 4.78 is 22.9. The minimum atomic E-state index is -0.920. The summed E-state index contributed by atoms with van der Waals surface area (Å²) in [5.74, 6) is -0.791. The second-order valence-corrected chi connectivity index (χ2v) is 10.3. The van der Waals surface area contributed by atoms with Crippen LogP contribution in [0.1, 0.15) is 37.9 Å². The van der Waals surface area contributed by atoms with Crippen LogP contribution in [0.2, 0.25) is 0 Å². The lowest BCUT2D eigenvalue weighted by Gasteiger charge is -2.25. The van der Waals surface area contributed by atoms with Gasteiger partial charge in [0.25, 0.3) is 11.5 Å². The van der Waals surface area contributed by atoms with E-state index in [1.807, 2.05) is 0 Å². The van der Waals surface area contributed by atoms with E-state index in [4.69, 9.17) is 18.9 Å². The van der Waals surface area contributed by atoms with Crippen molar-refractivity contribution in [1.82, 2.24) is 4.57 Å². The Bertz CT molecular complexity index is 1820. The molecule has 5 rings (SSSR count). The van der Waals surface area contributed by atoms with Gasteiger partial charge < -0.3 is 18.9 Å². The minimum Gasteiger partial charge on any atom is -0.493 e. The standard InChI is InChI=1S/C30H29N3O8S/c1-6-40-22(34)15-32-19-11-9-8-10-18(19)24(27(32)35)26-28(36)33-25(17-12-13-20(38-4)21(14-17)39-5)23(29(37)41-7-2)16(3)31-30(33)42-26/h8-14,25H,6-7,15H2,1-5H3/b26-24+/t25-/m0/s1. The maximum Gasteiger partial charge on any atom is 0.338 e. The van der Waals surface area contributed by atoms with Crippen LogP contribution in [0.15, 0.2) is 63.5 Å². The van der Waals surface area contributed by atoms with Gasteiger partial charge in [-0.3, -0.25) is 23.9 Å². The SMILES string of the molecule is CCOC(=O)CN1C(=O)/C(=c2/sc3n(c2=O)[C@@H](c2ccc(OC)c(OC)c2)C(C(=O)OCC)=C(C)N=3)c2ccccc21. The van der Waals surface area contributed by atoms with Crippen LogP contribution in [-0.4, -0.2) is 56.4 Å². The van der Waals surface area contributed by atoms with Crippen molar-refractivity contribution in [3.05, 3.63) is 84.5 Å². The number of hydrogen-bond donors (Lipinski definition) is 0. The second kappa shape index (κ2) is 11.6. The smallest absolute Gasteiger partial charge is 0.338 e. The molecule has 1 atom stereocenters. The van der Waals surface area contributed by atoms with Crippen molar-refractivity contribution in [1.29, 1.82) is 0 Å². The molecular formula is C30H29N3O8S. The summed E-state index contributed by atoms with van der Waals surface area (Å²) in [5, 5.41) is 0. The highest BCUT2D eigenvalue weighted by molar-refractivity contribution is 7.07. The molecule has 0 N–H and O–H groups in total. The molecule has 3 heterocycles. The van der Waals surface area contributed by atoms with Crippen LogP contribution < -0.4 is 29.3 Å². The first-order valence-corrected chi connectivity index (χ1v) is 14.1. The van der Waals surface area contributed by atoms with Gasteiger partial charge in [-0.05, 0) is 44.5 Å². The third kappa shape index (κ3) is 4.77. The molecule has 1 amide bonds. The summed E-state index contributed by atoms with van der Waals surface area (Å²) >= 11 is 1.05. The van der Waals surface area contributed by atoms with Gasteiger partial charge in [0.15, 0.2) is 16.3 Å². The molecule has 42 heavy (non-hydrogen) atoms. The van der Waals surface area contributed by atoms with E-state index in [1.165, 1.54) is 23.7 Å². The van der Waals surface area contributed by atoms with Crippen LogP contribution >= 0.6 is 11.3 Å². The Labute approximate surface area is 244 Å². The maximum atomic E-state index is 14.3. The van der Waals surface area contributed by atoms with Gasteiger partial charge >= 0.3 is 11.9 Å². The van der Waals surface area contributed by atoms with Crippen LogP contribution in [0.25, 0.3) is 5.57 Å². The number of rotatable bonds is 8. The fourth-order valence-electron chi connectivity index (χ4n) is 5.17. The number of carbonyl (C=O) groups is 3. The zero-order valence-electron chi connectivity index (χ0n) is 23.8. The minimum absolute atomic E-state index is 0.129. The predicted molar refractivity (Wildman–Crippen MR) is 154 cm³/mol.